The zero-order valence-corrected chi connectivity index (χ0v) is 8.45. The maximum atomic E-state index is 11.7. The molecule has 1 aliphatic heterocycles. The molecule has 0 bridgehead atoms. The second kappa shape index (κ2) is 4.72. The van der Waals surface area contributed by atoms with Crippen LogP contribution in [0.3, 0.4) is 0 Å². The predicted molar refractivity (Wildman–Crippen MR) is 51.7 cm³/mol. The molecule has 0 aliphatic carbocycles. The van der Waals surface area contributed by atoms with Gasteiger partial charge < -0.3 is 20.9 Å². The van der Waals surface area contributed by atoms with Crippen molar-refractivity contribution in [2.24, 2.45) is 5.73 Å². The Morgan fingerprint density at radius 3 is 2.93 bits per heavy atom. The molecule has 1 rings (SSSR count). The quantitative estimate of drug-likeness (QED) is 0.545. The molecule has 5 heteroatoms. The molecular weight excluding hydrogens is 184 g/mol. The highest BCUT2D eigenvalue weighted by molar-refractivity contribution is 5.86. The van der Waals surface area contributed by atoms with Gasteiger partial charge in [-0.15, -0.1) is 0 Å². The van der Waals surface area contributed by atoms with Gasteiger partial charge in [0.2, 0.25) is 5.91 Å². The molecule has 1 aliphatic rings. The maximum Gasteiger partial charge on any atom is 0.242 e. The average molecular weight is 202 g/mol. The third kappa shape index (κ3) is 2.43. The van der Waals surface area contributed by atoms with Gasteiger partial charge in [-0.3, -0.25) is 4.79 Å². The van der Waals surface area contributed by atoms with Crippen LogP contribution in [0.4, 0.5) is 0 Å². The molecule has 2 atom stereocenters. The fourth-order valence-corrected chi connectivity index (χ4v) is 1.37. The number of aliphatic hydroxyl groups is 1. The lowest BCUT2D eigenvalue weighted by Gasteiger charge is -2.24. The van der Waals surface area contributed by atoms with Gasteiger partial charge in [0, 0.05) is 6.61 Å². The summed E-state index contributed by atoms with van der Waals surface area (Å²) >= 11 is 0. The van der Waals surface area contributed by atoms with Crippen LogP contribution in [0.15, 0.2) is 0 Å². The second-order valence-corrected chi connectivity index (χ2v) is 3.72. The van der Waals surface area contributed by atoms with Crippen LogP contribution in [-0.4, -0.2) is 42.4 Å². The Morgan fingerprint density at radius 1 is 1.79 bits per heavy atom. The van der Waals surface area contributed by atoms with Crippen molar-refractivity contribution in [3.8, 4) is 0 Å². The average Bonchev–Trinajstić information content (AvgIpc) is 2.62. The van der Waals surface area contributed by atoms with Crippen LogP contribution in [0.25, 0.3) is 0 Å². The minimum Gasteiger partial charge on any atom is -0.394 e. The van der Waals surface area contributed by atoms with Gasteiger partial charge in [0.25, 0.3) is 0 Å². The number of carbonyl (C=O) groups is 1. The number of nitrogens with one attached hydrogen (secondary N) is 1. The lowest BCUT2D eigenvalue weighted by molar-refractivity contribution is -0.127. The zero-order valence-electron chi connectivity index (χ0n) is 8.45. The van der Waals surface area contributed by atoms with Gasteiger partial charge in [-0.25, -0.2) is 0 Å². The van der Waals surface area contributed by atoms with E-state index in [0.29, 0.717) is 19.4 Å². The maximum absolute atomic E-state index is 11.7. The van der Waals surface area contributed by atoms with Crippen LogP contribution in [0.2, 0.25) is 0 Å². The van der Waals surface area contributed by atoms with E-state index in [2.05, 4.69) is 5.32 Å². The Bertz CT molecular complexity index is 198. The highest BCUT2D eigenvalue weighted by Crippen LogP contribution is 2.15. The summed E-state index contributed by atoms with van der Waals surface area (Å²) < 4.78 is 5.08. The molecule has 0 saturated carbocycles. The lowest BCUT2D eigenvalue weighted by Crippen LogP contribution is -2.57. The molecule has 1 saturated heterocycles. The van der Waals surface area contributed by atoms with Crippen molar-refractivity contribution < 1.29 is 14.6 Å². The molecule has 5 nitrogen and oxygen atoms in total. The standard InChI is InChI=1S/C9H18N2O3/c1-2-7(5-12)11-8(13)9(10)3-4-14-6-9/h7,12H,2-6,10H2,1H3,(H,11,13)/t7-,9?/m1/s1. The summed E-state index contributed by atoms with van der Waals surface area (Å²) in [6.07, 6.45) is 1.24. The first-order chi connectivity index (χ1) is 6.62. The topological polar surface area (TPSA) is 84.6 Å². The molecule has 1 heterocycles. The van der Waals surface area contributed by atoms with Crippen molar-refractivity contribution in [3.63, 3.8) is 0 Å². The van der Waals surface area contributed by atoms with Gasteiger partial charge in [0.15, 0.2) is 0 Å². The van der Waals surface area contributed by atoms with E-state index < -0.39 is 5.54 Å². The predicted octanol–water partition coefficient (Wildman–Crippen LogP) is -1.01. The van der Waals surface area contributed by atoms with E-state index in [1.54, 1.807) is 0 Å². The number of rotatable bonds is 4. The third-order valence-corrected chi connectivity index (χ3v) is 2.55. The van der Waals surface area contributed by atoms with Crippen molar-refractivity contribution in [3.05, 3.63) is 0 Å². The molecule has 0 aromatic rings. The Labute approximate surface area is 83.6 Å². The van der Waals surface area contributed by atoms with Crippen molar-refractivity contribution in [2.75, 3.05) is 19.8 Å². The van der Waals surface area contributed by atoms with Crippen molar-refractivity contribution in [2.45, 2.75) is 31.3 Å². The number of aliphatic hydroxyl groups excluding tert-OH is 1. The molecule has 82 valence electrons. The van der Waals surface area contributed by atoms with Crippen LogP contribution in [0, 0.1) is 0 Å². The van der Waals surface area contributed by atoms with E-state index in [1.165, 1.54) is 0 Å². The number of ether oxygens (including phenoxy) is 1. The van der Waals surface area contributed by atoms with E-state index in [0.717, 1.165) is 0 Å². The van der Waals surface area contributed by atoms with Crippen LogP contribution < -0.4 is 11.1 Å². The van der Waals surface area contributed by atoms with Crippen LogP contribution >= 0.6 is 0 Å². The van der Waals surface area contributed by atoms with Crippen molar-refractivity contribution in [1.82, 2.24) is 5.32 Å². The van der Waals surface area contributed by atoms with Gasteiger partial charge >= 0.3 is 0 Å². The minimum atomic E-state index is -0.900. The van der Waals surface area contributed by atoms with Crippen LogP contribution in [0.1, 0.15) is 19.8 Å². The Kier molecular flexibility index (Phi) is 3.86. The Morgan fingerprint density at radius 2 is 2.50 bits per heavy atom. The molecule has 14 heavy (non-hydrogen) atoms. The van der Waals surface area contributed by atoms with E-state index in [-0.39, 0.29) is 25.2 Å². The SMILES string of the molecule is CC[C@H](CO)NC(=O)C1(N)CCOC1. The summed E-state index contributed by atoms with van der Waals surface area (Å²) in [5.41, 5.74) is 4.94. The highest BCUT2D eigenvalue weighted by Gasteiger charge is 2.38. The van der Waals surface area contributed by atoms with Gasteiger partial charge in [-0.05, 0) is 12.8 Å². The summed E-state index contributed by atoms with van der Waals surface area (Å²) in [6, 6.07) is -0.205. The normalized spacial score (nSPS) is 28.8. The first-order valence-electron chi connectivity index (χ1n) is 4.91. The first-order valence-corrected chi connectivity index (χ1v) is 4.91. The van der Waals surface area contributed by atoms with E-state index in [4.69, 9.17) is 15.6 Å². The highest BCUT2D eigenvalue weighted by atomic mass is 16.5. The molecule has 1 unspecified atom stereocenters. The number of hydrogen-bond donors (Lipinski definition) is 3. The van der Waals surface area contributed by atoms with Crippen molar-refractivity contribution in [1.29, 1.82) is 0 Å². The number of hydrogen-bond acceptors (Lipinski definition) is 4. The Balaban J connectivity index is 2.48. The Hall–Kier alpha value is -0.650. The summed E-state index contributed by atoms with van der Waals surface area (Å²) in [5.74, 6) is -0.226. The third-order valence-electron chi connectivity index (χ3n) is 2.55. The first kappa shape index (κ1) is 11.4. The molecule has 0 spiro atoms. The summed E-state index contributed by atoms with van der Waals surface area (Å²) in [4.78, 5) is 11.7. The molecule has 4 N–H and O–H groups in total. The largest absolute Gasteiger partial charge is 0.394 e. The van der Waals surface area contributed by atoms with Crippen LogP contribution in [0.5, 0.6) is 0 Å². The monoisotopic (exact) mass is 202 g/mol. The minimum absolute atomic E-state index is 0.0564. The molecular formula is C9H18N2O3. The number of carbonyl (C=O) groups excluding carboxylic acids is 1. The number of nitrogens with two attached hydrogens (primary N) is 1. The zero-order chi connectivity index (χ0) is 10.6. The second-order valence-electron chi connectivity index (χ2n) is 3.72. The van der Waals surface area contributed by atoms with Gasteiger partial charge in [0.05, 0.1) is 19.3 Å². The van der Waals surface area contributed by atoms with Gasteiger partial charge in [0.1, 0.15) is 5.54 Å². The van der Waals surface area contributed by atoms with E-state index in [9.17, 15) is 4.79 Å². The summed E-state index contributed by atoms with van der Waals surface area (Å²) in [5, 5.41) is 11.6. The number of amides is 1. The van der Waals surface area contributed by atoms with Gasteiger partial charge in [-0.1, -0.05) is 6.92 Å². The van der Waals surface area contributed by atoms with Crippen LogP contribution in [-0.2, 0) is 9.53 Å². The molecule has 1 amide bonds. The fourth-order valence-electron chi connectivity index (χ4n) is 1.37. The van der Waals surface area contributed by atoms with E-state index >= 15 is 0 Å². The fraction of sp³-hybridized carbons (Fsp3) is 0.889. The summed E-state index contributed by atoms with van der Waals surface area (Å²) in [7, 11) is 0. The van der Waals surface area contributed by atoms with E-state index in [1.807, 2.05) is 6.92 Å². The van der Waals surface area contributed by atoms with Crippen molar-refractivity contribution >= 4 is 5.91 Å². The smallest absolute Gasteiger partial charge is 0.242 e. The molecule has 1 fully saturated rings. The lowest BCUT2D eigenvalue weighted by atomic mass is 9.98. The molecule has 0 radical (unpaired) electrons. The molecule has 0 aromatic carbocycles. The van der Waals surface area contributed by atoms with Gasteiger partial charge in [-0.2, -0.15) is 0 Å². The molecule has 0 aromatic heterocycles. The summed E-state index contributed by atoms with van der Waals surface area (Å²) in [6.45, 7) is 2.63.